The maximum Gasteiger partial charge on any atom is 0.258 e. The van der Waals surface area contributed by atoms with E-state index in [1.807, 2.05) is 30.0 Å². The molecule has 3 aromatic rings. The van der Waals surface area contributed by atoms with Crippen LogP contribution in [0.15, 0.2) is 52.7 Å². The SMILES string of the molecule is CCCN1C(=S)NC(c2ccc(OC)c(O)c2)C(c2nc(-c3cccc(Cl)c3)no2)=C1C. The maximum atomic E-state index is 10.3. The molecule has 1 unspecified atom stereocenters. The van der Waals surface area contributed by atoms with E-state index in [1.165, 1.54) is 7.11 Å². The first-order chi connectivity index (χ1) is 15.4. The standard InChI is InChI=1S/C23H23ClN4O3S/c1-4-10-28-13(2)19(22-26-21(27-31-22)15-6-5-7-16(24)11-15)20(25-23(28)32)14-8-9-18(30-3)17(29)12-14/h5-9,11-12,20,29H,4,10H2,1-3H3,(H,25,32). The lowest BCUT2D eigenvalue weighted by Crippen LogP contribution is -2.46. The number of benzene rings is 2. The van der Waals surface area contributed by atoms with Crippen LogP contribution in [-0.2, 0) is 0 Å². The molecular formula is C23H23ClN4O3S. The highest BCUT2D eigenvalue weighted by Crippen LogP contribution is 2.39. The van der Waals surface area contributed by atoms with Gasteiger partial charge in [0.1, 0.15) is 0 Å². The van der Waals surface area contributed by atoms with Crippen LogP contribution >= 0.6 is 23.8 Å². The summed E-state index contributed by atoms with van der Waals surface area (Å²) in [6.45, 7) is 4.82. The highest BCUT2D eigenvalue weighted by Gasteiger charge is 2.34. The third kappa shape index (κ3) is 4.16. The van der Waals surface area contributed by atoms with Crippen LogP contribution in [0.25, 0.3) is 17.0 Å². The molecule has 9 heteroatoms. The number of aromatic hydroxyl groups is 1. The second kappa shape index (κ2) is 9.18. The van der Waals surface area contributed by atoms with Crippen molar-refractivity contribution >= 4 is 34.5 Å². The van der Waals surface area contributed by atoms with Gasteiger partial charge in [0, 0.05) is 22.8 Å². The van der Waals surface area contributed by atoms with Gasteiger partial charge in [-0.25, -0.2) is 0 Å². The van der Waals surface area contributed by atoms with Gasteiger partial charge in [-0.05, 0) is 55.4 Å². The lowest BCUT2D eigenvalue weighted by Gasteiger charge is -2.37. The summed E-state index contributed by atoms with van der Waals surface area (Å²) >= 11 is 11.8. The number of methoxy groups -OCH3 is 1. The van der Waals surface area contributed by atoms with E-state index >= 15 is 0 Å². The van der Waals surface area contributed by atoms with Crippen LogP contribution in [0, 0.1) is 0 Å². The zero-order valence-electron chi connectivity index (χ0n) is 17.9. The number of aromatic nitrogens is 2. The van der Waals surface area contributed by atoms with E-state index in [9.17, 15) is 5.11 Å². The summed E-state index contributed by atoms with van der Waals surface area (Å²) in [7, 11) is 1.51. The molecule has 0 bridgehead atoms. The zero-order valence-corrected chi connectivity index (χ0v) is 19.5. The van der Waals surface area contributed by atoms with E-state index < -0.39 is 0 Å². The number of thiocarbonyl (C=S) groups is 1. The number of ether oxygens (including phenoxy) is 1. The molecule has 4 rings (SSSR count). The van der Waals surface area contributed by atoms with E-state index in [-0.39, 0.29) is 11.8 Å². The Morgan fingerprint density at radius 3 is 2.78 bits per heavy atom. The molecule has 7 nitrogen and oxygen atoms in total. The number of halogens is 1. The Kier molecular flexibility index (Phi) is 6.34. The maximum absolute atomic E-state index is 10.3. The molecule has 2 aromatic carbocycles. The molecule has 2 heterocycles. The number of nitrogens with zero attached hydrogens (tertiary/aromatic N) is 3. The normalized spacial score (nSPS) is 16.3. The highest BCUT2D eigenvalue weighted by atomic mass is 35.5. The number of hydrogen-bond donors (Lipinski definition) is 2. The molecule has 32 heavy (non-hydrogen) atoms. The fourth-order valence-electron chi connectivity index (χ4n) is 3.77. The molecule has 0 saturated carbocycles. The smallest absolute Gasteiger partial charge is 0.258 e. The first-order valence-corrected chi connectivity index (χ1v) is 11.0. The van der Waals surface area contributed by atoms with Crippen LogP contribution < -0.4 is 10.1 Å². The summed E-state index contributed by atoms with van der Waals surface area (Å²) in [5.41, 5.74) is 3.25. The minimum Gasteiger partial charge on any atom is -0.504 e. The second-order valence-corrected chi connectivity index (χ2v) is 8.22. The second-order valence-electron chi connectivity index (χ2n) is 7.40. The number of allylic oxidation sites excluding steroid dienone is 1. The number of phenols is 1. The predicted octanol–water partition coefficient (Wildman–Crippen LogP) is 5.18. The minimum absolute atomic E-state index is 0.0378. The van der Waals surface area contributed by atoms with Gasteiger partial charge in [-0.2, -0.15) is 4.98 Å². The highest BCUT2D eigenvalue weighted by molar-refractivity contribution is 7.80. The average Bonchev–Trinajstić information content (AvgIpc) is 3.26. The van der Waals surface area contributed by atoms with Crippen molar-refractivity contribution < 1.29 is 14.4 Å². The number of phenolic OH excluding ortho intramolecular Hbond substituents is 1. The minimum atomic E-state index is -0.389. The van der Waals surface area contributed by atoms with Crippen LogP contribution in [0.1, 0.15) is 37.8 Å². The van der Waals surface area contributed by atoms with Gasteiger partial charge in [0.05, 0.1) is 18.7 Å². The molecule has 0 radical (unpaired) electrons. The van der Waals surface area contributed by atoms with Gasteiger partial charge >= 0.3 is 0 Å². The fourth-order valence-corrected chi connectivity index (χ4v) is 4.30. The fraction of sp³-hybridized carbons (Fsp3) is 0.261. The summed E-state index contributed by atoms with van der Waals surface area (Å²) in [4.78, 5) is 6.68. The Morgan fingerprint density at radius 2 is 2.09 bits per heavy atom. The van der Waals surface area contributed by atoms with Crippen molar-refractivity contribution in [2.75, 3.05) is 13.7 Å². The van der Waals surface area contributed by atoms with Crippen molar-refractivity contribution in [1.82, 2.24) is 20.4 Å². The first-order valence-electron chi connectivity index (χ1n) is 10.2. The average molecular weight is 471 g/mol. The van der Waals surface area contributed by atoms with Crippen molar-refractivity contribution in [2.24, 2.45) is 0 Å². The van der Waals surface area contributed by atoms with Crippen LogP contribution in [-0.4, -0.2) is 38.9 Å². The number of hydrogen-bond acceptors (Lipinski definition) is 6. The van der Waals surface area contributed by atoms with E-state index in [2.05, 4.69) is 22.4 Å². The number of nitrogens with one attached hydrogen (secondary N) is 1. The van der Waals surface area contributed by atoms with Gasteiger partial charge in [0.25, 0.3) is 5.89 Å². The number of rotatable bonds is 6. The molecule has 1 atom stereocenters. The summed E-state index contributed by atoms with van der Waals surface area (Å²) in [5.74, 6) is 1.24. The van der Waals surface area contributed by atoms with Crippen molar-refractivity contribution in [3.63, 3.8) is 0 Å². The largest absolute Gasteiger partial charge is 0.504 e. The molecule has 0 amide bonds. The van der Waals surface area contributed by atoms with Gasteiger partial charge in [-0.15, -0.1) is 0 Å². The van der Waals surface area contributed by atoms with Crippen LogP contribution in [0.4, 0.5) is 0 Å². The van der Waals surface area contributed by atoms with Crippen LogP contribution in [0.5, 0.6) is 11.5 Å². The van der Waals surface area contributed by atoms with Gasteiger partial charge in [-0.1, -0.05) is 41.9 Å². The zero-order chi connectivity index (χ0) is 22.8. The molecule has 166 valence electrons. The molecule has 0 saturated heterocycles. The van der Waals surface area contributed by atoms with E-state index in [0.29, 0.717) is 27.6 Å². The molecular weight excluding hydrogens is 448 g/mol. The Labute approximate surface area is 196 Å². The summed E-state index contributed by atoms with van der Waals surface area (Å²) in [6.07, 6.45) is 0.915. The van der Waals surface area contributed by atoms with Crippen LogP contribution in [0.2, 0.25) is 5.02 Å². The topological polar surface area (TPSA) is 83.7 Å². The van der Waals surface area contributed by atoms with Gasteiger partial charge < -0.3 is 24.6 Å². The molecule has 1 aliphatic heterocycles. The predicted molar refractivity (Wildman–Crippen MR) is 127 cm³/mol. The van der Waals surface area contributed by atoms with Crippen molar-refractivity contribution in [3.8, 4) is 22.9 Å². The Morgan fingerprint density at radius 1 is 1.28 bits per heavy atom. The lowest BCUT2D eigenvalue weighted by atomic mass is 9.94. The van der Waals surface area contributed by atoms with Gasteiger partial charge in [0.2, 0.25) is 5.82 Å². The lowest BCUT2D eigenvalue weighted by molar-refractivity contribution is 0.372. The monoisotopic (exact) mass is 470 g/mol. The van der Waals surface area contributed by atoms with Crippen molar-refractivity contribution in [1.29, 1.82) is 0 Å². The van der Waals surface area contributed by atoms with E-state index in [1.54, 1.807) is 24.3 Å². The summed E-state index contributed by atoms with van der Waals surface area (Å²) < 4.78 is 10.9. The van der Waals surface area contributed by atoms with Crippen LogP contribution in [0.3, 0.4) is 0 Å². The molecule has 1 aliphatic rings. The van der Waals surface area contributed by atoms with Gasteiger partial charge in [-0.3, -0.25) is 0 Å². The molecule has 1 aromatic heterocycles. The van der Waals surface area contributed by atoms with Gasteiger partial charge in [0.15, 0.2) is 16.6 Å². The van der Waals surface area contributed by atoms with E-state index in [4.69, 9.17) is 33.1 Å². The first kappa shape index (κ1) is 22.1. The molecule has 0 spiro atoms. The molecule has 2 N–H and O–H groups in total. The Hall–Kier alpha value is -3.10. The van der Waals surface area contributed by atoms with Crippen molar-refractivity contribution in [3.05, 3.63) is 64.6 Å². The molecule has 0 fully saturated rings. The summed E-state index contributed by atoms with van der Waals surface area (Å²) in [6, 6.07) is 12.1. The Bertz CT molecular complexity index is 1190. The third-order valence-electron chi connectivity index (χ3n) is 5.32. The Balaban J connectivity index is 1.82. The third-order valence-corrected chi connectivity index (χ3v) is 5.89. The molecule has 0 aliphatic carbocycles. The van der Waals surface area contributed by atoms with Crippen molar-refractivity contribution in [2.45, 2.75) is 26.3 Å². The van der Waals surface area contributed by atoms with E-state index in [0.717, 1.165) is 35.4 Å². The quantitative estimate of drug-likeness (QED) is 0.477. The summed E-state index contributed by atoms with van der Waals surface area (Å²) in [5, 5.41) is 19.1.